The first-order chi connectivity index (χ1) is 19.8. The van der Waals surface area contributed by atoms with Gasteiger partial charge in [-0.2, -0.15) is 0 Å². The van der Waals surface area contributed by atoms with Crippen LogP contribution in [0.3, 0.4) is 0 Å². The first-order valence-corrected chi connectivity index (χ1v) is 15.4. The SMILES string of the molecule is CCC(C)C(=O)O[C@H]1[C@H](OC(C)=O)C[C@@H]2[C@@](C)([C@@H]3C[C@H]4CCO[C@H]4O3)[C@H](C)C[C@H](OC(C)=O)[C@@]2(COC(C)=O)[C@@]12CO2. The van der Waals surface area contributed by atoms with Crippen molar-refractivity contribution in [2.75, 3.05) is 19.8 Å². The van der Waals surface area contributed by atoms with Crippen LogP contribution in [0.25, 0.3) is 0 Å². The quantitative estimate of drug-likeness (QED) is 0.232. The van der Waals surface area contributed by atoms with Gasteiger partial charge in [-0.25, -0.2) is 0 Å². The van der Waals surface area contributed by atoms with Crippen LogP contribution in [0.4, 0.5) is 0 Å². The maximum absolute atomic E-state index is 13.3. The highest BCUT2D eigenvalue weighted by atomic mass is 16.7. The molecule has 5 fully saturated rings. The molecule has 2 aliphatic carbocycles. The van der Waals surface area contributed by atoms with Crippen molar-refractivity contribution < 1.29 is 52.3 Å². The molecule has 42 heavy (non-hydrogen) atoms. The fourth-order valence-corrected chi connectivity index (χ4v) is 8.59. The zero-order valence-corrected chi connectivity index (χ0v) is 25.8. The molecule has 0 N–H and O–H groups in total. The van der Waals surface area contributed by atoms with Gasteiger partial charge in [-0.1, -0.05) is 27.7 Å². The maximum atomic E-state index is 13.3. The molecule has 0 radical (unpaired) electrons. The third-order valence-corrected chi connectivity index (χ3v) is 11.1. The average molecular weight is 595 g/mol. The molecular formula is C31H46O11. The van der Waals surface area contributed by atoms with Crippen LogP contribution in [0.2, 0.25) is 0 Å². The molecule has 0 aromatic rings. The van der Waals surface area contributed by atoms with Crippen molar-refractivity contribution in [3.8, 4) is 0 Å². The normalized spacial score (nSPS) is 44.5. The fraction of sp³-hybridized carbons (Fsp3) is 0.871. The third-order valence-electron chi connectivity index (χ3n) is 11.1. The molecule has 236 valence electrons. The van der Waals surface area contributed by atoms with Crippen LogP contribution in [-0.4, -0.2) is 80.0 Å². The second-order valence-electron chi connectivity index (χ2n) is 13.4. The Bertz CT molecular complexity index is 1070. The van der Waals surface area contributed by atoms with E-state index in [2.05, 4.69) is 13.8 Å². The van der Waals surface area contributed by atoms with Gasteiger partial charge in [0.05, 0.1) is 30.7 Å². The fourth-order valence-electron chi connectivity index (χ4n) is 8.59. The van der Waals surface area contributed by atoms with Crippen molar-refractivity contribution in [2.24, 2.45) is 34.5 Å². The van der Waals surface area contributed by atoms with Crippen LogP contribution in [-0.2, 0) is 52.3 Å². The molecule has 0 bridgehead atoms. The largest absolute Gasteiger partial charge is 0.465 e. The molecule has 11 nitrogen and oxygen atoms in total. The smallest absolute Gasteiger partial charge is 0.309 e. The number of epoxide rings is 1. The van der Waals surface area contributed by atoms with Crippen molar-refractivity contribution in [1.29, 1.82) is 0 Å². The lowest BCUT2D eigenvalue weighted by Crippen LogP contribution is -2.75. The van der Waals surface area contributed by atoms with Gasteiger partial charge in [0, 0.05) is 32.1 Å². The molecule has 12 atom stereocenters. The summed E-state index contributed by atoms with van der Waals surface area (Å²) >= 11 is 0. The Balaban J connectivity index is 1.67. The van der Waals surface area contributed by atoms with Gasteiger partial charge in [0.2, 0.25) is 0 Å². The topological polar surface area (TPSA) is 136 Å². The van der Waals surface area contributed by atoms with E-state index in [0.29, 0.717) is 19.4 Å². The summed E-state index contributed by atoms with van der Waals surface area (Å²) in [7, 11) is 0. The number of hydrogen-bond acceptors (Lipinski definition) is 11. The molecule has 3 heterocycles. The van der Waals surface area contributed by atoms with E-state index in [1.807, 2.05) is 6.92 Å². The summed E-state index contributed by atoms with van der Waals surface area (Å²) in [5, 5.41) is 0. The van der Waals surface area contributed by atoms with Crippen LogP contribution in [0.1, 0.15) is 80.6 Å². The number of carbonyl (C=O) groups excluding carboxylic acids is 4. The van der Waals surface area contributed by atoms with Crippen molar-refractivity contribution in [3.63, 3.8) is 0 Å². The highest BCUT2D eigenvalue weighted by Gasteiger charge is 2.82. The first kappa shape index (κ1) is 31.2. The van der Waals surface area contributed by atoms with Gasteiger partial charge in [-0.05, 0) is 43.9 Å². The summed E-state index contributed by atoms with van der Waals surface area (Å²) in [6.07, 6.45) is -0.0146. The van der Waals surface area contributed by atoms with Crippen molar-refractivity contribution in [2.45, 2.75) is 117 Å². The van der Waals surface area contributed by atoms with Gasteiger partial charge in [0.1, 0.15) is 24.4 Å². The van der Waals surface area contributed by atoms with E-state index < -0.39 is 64.5 Å². The minimum Gasteiger partial charge on any atom is -0.465 e. The number of esters is 4. The second kappa shape index (κ2) is 11.4. The molecule has 3 saturated heterocycles. The molecule has 0 aromatic carbocycles. The van der Waals surface area contributed by atoms with Crippen LogP contribution < -0.4 is 0 Å². The summed E-state index contributed by atoms with van der Waals surface area (Å²) in [5.41, 5.74) is -2.88. The lowest BCUT2D eigenvalue weighted by atomic mass is 9.41. The molecule has 5 aliphatic rings. The van der Waals surface area contributed by atoms with E-state index in [0.717, 1.165) is 12.8 Å². The Labute approximate surface area is 247 Å². The van der Waals surface area contributed by atoms with Gasteiger partial charge in [-0.15, -0.1) is 0 Å². The van der Waals surface area contributed by atoms with Gasteiger partial charge in [0.15, 0.2) is 12.4 Å². The Morgan fingerprint density at radius 1 is 0.976 bits per heavy atom. The molecule has 0 amide bonds. The van der Waals surface area contributed by atoms with Crippen molar-refractivity contribution in [1.82, 2.24) is 0 Å². The lowest BCUT2D eigenvalue weighted by molar-refractivity contribution is -0.286. The molecule has 1 spiro atoms. The van der Waals surface area contributed by atoms with E-state index in [4.69, 9.17) is 33.2 Å². The van der Waals surface area contributed by atoms with Crippen LogP contribution >= 0.6 is 0 Å². The van der Waals surface area contributed by atoms with E-state index >= 15 is 0 Å². The van der Waals surface area contributed by atoms with E-state index in [-0.39, 0.29) is 49.8 Å². The number of carbonyl (C=O) groups is 4. The first-order valence-electron chi connectivity index (χ1n) is 15.4. The van der Waals surface area contributed by atoms with E-state index in [1.165, 1.54) is 20.8 Å². The molecule has 2 saturated carbocycles. The minimum absolute atomic E-state index is 0.00544. The monoisotopic (exact) mass is 594 g/mol. The van der Waals surface area contributed by atoms with Crippen LogP contribution in [0.5, 0.6) is 0 Å². The van der Waals surface area contributed by atoms with Crippen LogP contribution in [0, 0.1) is 34.5 Å². The highest BCUT2D eigenvalue weighted by Crippen LogP contribution is 2.71. The maximum Gasteiger partial charge on any atom is 0.309 e. The average Bonchev–Trinajstić information content (AvgIpc) is 3.40. The van der Waals surface area contributed by atoms with Gasteiger partial charge < -0.3 is 33.2 Å². The number of rotatable bonds is 8. The number of hydrogen-bond donors (Lipinski definition) is 0. The standard InChI is InChI=1S/C31H46O11/c1-8-16(2)27(35)42-26-22(39-19(5)33)13-23-29(7,24-12-21-9-10-36-28(21)41-24)17(3)11-25(40-20(6)34)30(23,14-37-18(4)32)31(26)15-38-31/h16-17,21-26,28H,8-15H2,1-7H3/t16?,17-,21-,22-,23-,24+,25+,26+,28+,29+,30+,31-/m1/s1. The summed E-state index contributed by atoms with van der Waals surface area (Å²) in [4.78, 5) is 50.7. The molecule has 1 unspecified atom stereocenters. The lowest BCUT2D eigenvalue weighted by Gasteiger charge is -2.65. The predicted octanol–water partition coefficient (Wildman–Crippen LogP) is 3.34. The number of fused-ring (bicyclic) bond motifs is 3. The molecule has 5 rings (SSSR count). The molecule has 11 heteroatoms. The predicted molar refractivity (Wildman–Crippen MR) is 146 cm³/mol. The van der Waals surface area contributed by atoms with Crippen molar-refractivity contribution >= 4 is 23.9 Å². The Hall–Kier alpha value is -2.24. The van der Waals surface area contributed by atoms with Gasteiger partial charge in [-0.3, -0.25) is 19.2 Å². The van der Waals surface area contributed by atoms with Gasteiger partial charge >= 0.3 is 23.9 Å². The zero-order valence-electron chi connectivity index (χ0n) is 25.8. The van der Waals surface area contributed by atoms with Gasteiger partial charge in [0.25, 0.3) is 0 Å². The highest BCUT2D eigenvalue weighted by molar-refractivity contribution is 5.72. The molecule has 0 aromatic heterocycles. The Morgan fingerprint density at radius 2 is 1.67 bits per heavy atom. The summed E-state index contributed by atoms with van der Waals surface area (Å²) in [6, 6.07) is 0. The zero-order chi connectivity index (χ0) is 30.6. The van der Waals surface area contributed by atoms with Crippen LogP contribution in [0.15, 0.2) is 0 Å². The summed E-state index contributed by atoms with van der Waals surface area (Å²) < 4.78 is 42.8. The molecular weight excluding hydrogens is 548 g/mol. The summed E-state index contributed by atoms with van der Waals surface area (Å²) in [5.74, 6) is -2.39. The van der Waals surface area contributed by atoms with E-state index in [1.54, 1.807) is 6.92 Å². The third kappa shape index (κ3) is 4.93. The summed E-state index contributed by atoms with van der Waals surface area (Å²) in [6.45, 7) is 12.7. The Morgan fingerprint density at radius 3 is 2.24 bits per heavy atom. The van der Waals surface area contributed by atoms with Crippen molar-refractivity contribution in [3.05, 3.63) is 0 Å². The van der Waals surface area contributed by atoms with E-state index in [9.17, 15) is 19.2 Å². The number of ether oxygens (including phenoxy) is 7. The molecule has 3 aliphatic heterocycles. The second-order valence-corrected chi connectivity index (χ2v) is 13.4. The Kier molecular flexibility index (Phi) is 8.43. The minimum atomic E-state index is -1.22.